The van der Waals surface area contributed by atoms with E-state index in [4.69, 9.17) is 14.2 Å². The molecule has 0 saturated carbocycles. The van der Waals surface area contributed by atoms with Crippen molar-refractivity contribution in [1.82, 2.24) is 10.2 Å². The molecule has 1 aromatic heterocycles. The number of methoxy groups -OCH3 is 3. The van der Waals surface area contributed by atoms with E-state index in [2.05, 4.69) is 15.5 Å². The predicted octanol–water partition coefficient (Wildman–Crippen LogP) is 3.99. The molecule has 7 nitrogen and oxygen atoms in total. The van der Waals surface area contributed by atoms with E-state index in [-0.39, 0.29) is 18.1 Å². The number of carbonyl (C=O) groups is 1. The van der Waals surface area contributed by atoms with E-state index in [1.165, 1.54) is 33.5 Å². The number of amides is 1. The van der Waals surface area contributed by atoms with Crippen molar-refractivity contribution in [1.29, 1.82) is 0 Å². The summed E-state index contributed by atoms with van der Waals surface area (Å²) in [5.41, 5.74) is 3.32. The van der Waals surface area contributed by atoms with Crippen LogP contribution in [0.25, 0.3) is 11.3 Å². The van der Waals surface area contributed by atoms with Crippen LogP contribution in [0.2, 0.25) is 0 Å². The maximum atomic E-state index is 13.1. The number of aromatic nitrogens is 2. The Hall–Kier alpha value is -3.55. The van der Waals surface area contributed by atoms with Crippen LogP contribution in [0.4, 0.5) is 10.1 Å². The van der Waals surface area contributed by atoms with Gasteiger partial charge in [0.25, 0.3) is 0 Å². The molecule has 0 spiro atoms. The second-order valence-electron chi connectivity index (χ2n) is 6.54. The van der Waals surface area contributed by atoms with Gasteiger partial charge in [0.15, 0.2) is 11.5 Å². The fourth-order valence-corrected chi connectivity index (χ4v) is 3.17. The molecule has 0 bridgehead atoms. The summed E-state index contributed by atoms with van der Waals surface area (Å²) in [6.07, 6.45) is 0.757. The van der Waals surface area contributed by atoms with Gasteiger partial charge in [0.05, 0.1) is 39.1 Å². The van der Waals surface area contributed by atoms with E-state index in [1.807, 2.05) is 6.92 Å². The number of nitrogens with one attached hydrogen (secondary N) is 2. The van der Waals surface area contributed by atoms with E-state index in [0.29, 0.717) is 46.2 Å². The fourth-order valence-electron chi connectivity index (χ4n) is 3.17. The van der Waals surface area contributed by atoms with Crippen molar-refractivity contribution in [3.8, 4) is 28.5 Å². The lowest BCUT2D eigenvalue weighted by atomic mass is 10.1. The molecule has 8 heteroatoms. The van der Waals surface area contributed by atoms with Crippen LogP contribution in [0.15, 0.2) is 36.4 Å². The summed E-state index contributed by atoms with van der Waals surface area (Å²) in [6, 6.07) is 9.38. The Morgan fingerprint density at radius 3 is 2.23 bits per heavy atom. The van der Waals surface area contributed by atoms with Crippen molar-refractivity contribution >= 4 is 11.6 Å². The van der Waals surface area contributed by atoms with Crippen LogP contribution < -0.4 is 19.5 Å². The van der Waals surface area contributed by atoms with Gasteiger partial charge < -0.3 is 19.5 Å². The van der Waals surface area contributed by atoms with Crippen LogP contribution in [0.5, 0.6) is 17.2 Å². The first-order chi connectivity index (χ1) is 14.5. The molecule has 158 valence electrons. The van der Waals surface area contributed by atoms with Gasteiger partial charge in [0.1, 0.15) is 11.5 Å². The number of aromatic amines is 1. The van der Waals surface area contributed by atoms with Crippen molar-refractivity contribution in [2.75, 3.05) is 26.6 Å². The molecule has 2 N–H and O–H groups in total. The first-order valence-corrected chi connectivity index (χ1v) is 9.42. The highest BCUT2D eigenvalue weighted by atomic mass is 19.1. The molecule has 0 aliphatic carbocycles. The zero-order chi connectivity index (χ0) is 21.7. The van der Waals surface area contributed by atoms with Crippen LogP contribution in [0, 0.1) is 5.82 Å². The van der Waals surface area contributed by atoms with Gasteiger partial charge in [0, 0.05) is 5.56 Å². The van der Waals surface area contributed by atoms with E-state index in [0.717, 1.165) is 5.69 Å². The molecule has 0 fully saturated rings. The summed E-state index contributed by atoms with van der Waals surface area (Å²) >= 11 is 0. The second-order valence-corrected chi connectivity index (χ2v) is 6.54. The highest BCUT2D eigenvalue weighted by Gasteiger charge is 2.21. The Kier molecular flexibility index (Phi) is 6.56. The van der Waals surface area contributed by atoms with Crippen LogP contribution >= 0.6 is 0 Å². The molecular weight excluding hydrogens is 389 g/mol. The number of hydrogen-bond acceptors (Lipinski definition) is 5. The molecule has 30 heavy (non-hydrogen) atoms. The Morgan fingerprint density at radius 2 is 1.70 bits per heavy atom. The summed E-state index contributed by atoms with van der Waals surface area (Å²) < 4.78 is 29.3. The lowest BCUT2D eigenvalue weighted by Gasteiger charge is -2.14. The maximum absolute atomic E-state index is 13.1. The summed E-state index contributed by atoms with van der Waals surface area (Å²) in [5.74, 6) is 0.864. The third-order valence-corrected chi connectivity index (χ3v) is 4.68. The number of ether oxygens (including phenoxy) is 3. The summed E-state index contributed by atoms with van der Waals surface area (Å²) in [4.78, 5) is 12.6. The smallest absolute Gasteiger partial charge is 0.228 e. The number of rotatable bonds is 8. The zero-order valence-electron chi connectivity index (χ0n) is 17.3. The number of H-pyrrole nitrogens is 1. The molecule has 0 atom stereocenters. The van der Waals surface area contributed by atoms with E-state index < -0.39 is 0 Å². The SMILES string of the molecule is CCc1[nH]nc(-c2cc(OC)c(OC)c(OC)c2)c1NC(=O)Cc1ccc(F)cc1. The van der Waals surface area contributed by atoms with Gasteiger partial charge in [0.2, 0.25) is 11.7 Å². The van der Waals surface area contributed by atoms with Crippen molar-refractivity contribution in [2.45, 2.75) is 19.8 Å². The first-order valence-electron chi connectivity index (χ1n) is 9.42. The molecule has 3 aromatic rings. The lowest BCUT2D eigenvalue weighted by molar-refractivity contribution is -0.115. The van der Waals surface area contributed by atoms with Gasteiger partial charge >= 0.3 is 0 Å². The highest BCUT2D eigenvalue weighted by Crippen LogP contribution is 2.42. The Labute approximate surface area is 174 Å². The summed E-state index contributed by atoms with van der Waals surface area (Å²) in [6.45, 7) is 1.96. The standard InChI is InChI=1S/C22H24FN3O4/c1-5-16-21(24-19(27)10-13-6-8-15(23)9-7-13)20(26-25-16)14-11-17(28-2)22(30-4)18(12-14)29-3/h6-9,11-12H,5,10H2,1-4H3,(H,24,27)(H,25,26). The molecule has 1 amide bonds. The van der Waals surface area contributed by atoms with Crippen molar-refractivity contribution < 1.29 is 23.4 Å². The Morgan fingerprint density at radius 1 is 1.07 bits per heavy atom. The number of aryl methyl sites for hydroxylation is 1. The fraction of sp³-hybridized carbons (Fsp3) is 0.273. The van der Waals surface area contributed by atoms with Crippen molar-refractivity contribution in [3.05, 3.63) is 53.5 Å². The molecule has 0 aliphatic heterocycles. The monoisotopic (exact) mass is 413 g/mol. The highest BCUT2D eigenvalue weighted by molar-refractivity contribution is 5.97. The number of carbonyl (C=O) groups excluding carboxylic acids is 1. The first kappa shape index (κ1) is 21.2. The minimum Gasteiger partial charge on any atom is -0.493 e. The van der Waals surface area contributed by atoms with Crippen molar-refractivity contribution in [2.24, 2.45) is 0 Å². The van der Waals surface area contributed by atoms with E-state index in [1.54, 1.807) is 24.3 Å². The number of benzene rings is 2. The largest absolute Gasteiger partial charge is 0.493 e. The van der Waals surface area contributed by atoms with Gasteiger partial charge in [-0.15, -0.1) is 0 Å². The molecule has 1 heterocycles. The van der Waals surface area contributed by atoms with Crippen LogP contribution in [-0.2, 0) is 17.6 Å². The number of anilines is 1. The zero-order valence-corrected chi connectivity index (χ0v) is 17.3. The van der Waals surface area contributed by atoms with Gasteiger partial charge in [-0.1, -0.05) is 19.1 Å². The molecule has 0 saturated heterocycles. The average Bonchev–Trinajstić information content (AvgIpc) is 3.16. The molecule has 3 rings (SSSR count). The van der Waals surface area contributed by atoms with Gasteiger partial charge in [-0.2, -0.15) is 5.10 Å². The van der Waals surface area contributed by atoms with Crippen LogP contribution in [0.1, 0.15) is 18.2 Å². The maximum Gasteiger partial charge on any atom is 0.228 e. The van der Waals surface area contributed by atoms with Crippen LogP contribution in [0.3, 0.4) is 0 Å². The summed E-state index contributed by atoms with van der Waals surface area (Å²) in [5, 5.41) is 10.3. The topological polar surface area (TPSA) is 85.5 Å². The Balaban J connectivity index is 1.95. The average molecular weight is 413 g/mol. The van der Waals surface area contributed by atoms with Gasteiger partial charge in [-0.05, 0) is 36.2 Å². The molecule has 2 aromatic carbocycles. The van der Waals surface area contributed by atoms with E-state index >= 15 is 0 Å². The molecule has 0 radical (unpaired) electrons. The third-order valence-electron chi connectivity index (χ3n) is 4.68. The minimum absolute atomic E-state index is 0.114. The molecule has 0 aliphatic rings. The number of halogens is 1. The molecule has 0 unspecified atom stereocenters. The minimum atomic E-state index is -0.341. The predicted molar refractivity (Wildman–Crippen MR) is 112 cm³/mol. The summed E-state index contributed by atoms with van der Waals surface area (Å²) in [7, 11) is 4.60. The quantitative estimate of drug-likeness (QED) is 0.583. The number of hydrogen-bond donors (Lipinski definition) is 2. The van der Waals surface area contributed by atoms with Crippen LogP contribution in [-0.4, -0.2) is 37.4 Å². The van der Waals surface area contributed by atoms with Gasteiger partial charge in [-0.25, -0.2) is 4.39 Å². The lowest BCUT2D eigenvalue weighted by Crippen LogP contribution is -2.15. The molecular formula is C22H24FN3O4. The number of nitrogens with zero attached hydrogens (tertiary/aromatic N) is 1. The van der Waals surface area contributed by atoms with Gasteiger partial charge in [-0.3, -0.25) is 9.89 Å². The normalized spacial score (nSPS) is 10.6. The Bertz CT molecular complexity index is 1010. The third kappa shape index (κ3) is 4.37. The van der Waals surface area contributed by atoms with Crippen molar-refractivity contribution in [3.63, 3.8) is 0 Å². The van der Waals surface area contributed by atoms with E-state index in [9.17, 15) is 9.18 Å². The second kappa shape index (κ2) is 9.30.